The van der Waals surface area contributed by atoms with E-state index >= 15 is 0 Å². The molecule has 1 saturated carbocycles. The summed E-state index contributed by atoms with van der Waals surface area (Å²) < 4.78 is 25.9. The molecule has 2 heterocycles. The van der Waals surface area contributed by atoms with Crippen molar-refractivity contribution >= 4 is 33.6 Å². The van der Waals surface area contributed by atoms with Crippen LogP contribution in [0, 0.1) is 0 Å². The van der Waals surface area contributed by atoms with E-state index in [2.05, 4.69) is 5.32 Å². The maximum Gasteiger partial charge on any atom is 0.325 e. The lowest BCUT2D eigenvalue weighted by molar-refractivity contribution is -0.136. The van der Waals surface area contributed by atoms with Gasteiger partial charge in [-0.3, -0.25) is 14.5 Å². The highest BCUT2D eigenvalue weighted by Gasteiger charge is 2.55. The summed E-state index contributed by atoms with van der Waals surface area (Å²) in [5.41, 5.74) is 0.580. The van der Waals surface area contributed by atoms with Crippen LogP contribution in [0.25, 0.3) is 0 Å². The van der Waals surface area contributed by atoms with Crippen molar-refractivity contribution < 1.29 is 22.8 Å². The third-order valence-electron chi connectivity index (χ3n) is 6.00. The summed E-state index contributed by atoms with van der Waals surface area (Å²) in [5.74, 6) is -0.680. The highest BCUT2D eigenvalue weighted by Crippen LogP contribution is 2.37. The Kier molecular flexibility index (Phi) is 4.66. The molecule has 1 saturated heterocycles. The molecule has 0 bridgehead atoms. The van der Waals surface area contributed by atoms with Crippen LogP contribution in [0.3, 0.4) is 0 Å². The Morgan fingerprint density at radius 3 is 2.52 bits per heavy atom. The van der Waals surface area contributed by atoms with Gasteiger partial charge in [-0.05, 0) is 55.9 Å². The van der Waals surface area contributed by atoms with Crippen LogP contribution in [0.1, 0.15) is 31.2 Å². The SMILES string of the molecule is CN(C)S(=O)(=O)c1ccc2c(c1)CCCN2C(=O)CN1C(=O)NC2(CCC2)C1=O. The minimum absolute atomic E-state index is 0.177. The zero-order chi connectivity index (χ0) is 21.0. The van der Waals surface area contributed by atoms with Gasteiger partial charge in [-0.2, -0.15) is 0 Å². The van der Waals surface area contributed by atoms with Crippen LogP contribution in [0.2, 0.25) is 0 Å². The van der Waals surface area contributed by atoms with Gasteiger partial charge in [0.15, 0.2) is 0 Å². The second kappa shape index (κ2) is 6.81. The number of hydrogen-bond acceptors (Lipinski definition) is 5. The van der Waals surface area contributed by atoms with Gasteiger partial charge in [0.05, 0.1) is 4.90 Å². The third kappa shape index (κ3) is 3.10. The number of hydrogen-bond donors (Lipinski definition) is 1. The van der Waals surface area contributed by atoms with Crippen molar-refractivity contribution in [1.82, 2.24) is 14.5 Å². The zero-order valence-electron chi connectivity index (χ0n) is 16.5. The Hall–Kier alpha value is -2.46. The van der Waals surface area contributed by atoms with E-state index in [1.165, 1.54) is 25.1 Å². The number of rotatable bonds is 4. The van der Waals surface area contributed by atoms with Crippen molar-refractivity contribution in [2.24, 2.45) is 0 Å². The number of carbonyl (C=O) groups excluding carboxylic acids is 3. The molecule has 1 aromatic carbocycles. The third-order valence-corrected chi connectivity index (χ3v) is 7.81. The molecule has 1 spiro atoms. The highest BCUT2D eigenvalue weighted by molar-refractivity contribution is 7.89. The van der Waals surface area contributed by atoms with E-state index in [0.717, 1.165) is 21.2 Å². The van der Waals surface area contributed by atoms with Gasteiger partial charge >= 0.3 is 6.03 Å². The second-order valence-corrected chi connectivity index (χ2v) is 10.1. The van der Waals surface area contributed by atoms with E-state index < -0.39 is 21.6 Å². The average Bonchev–Trinajstić information content (AvgIpc) is 2.91. The first-order valence-corrected chi connectivity index (χ1v) is 11.1. The summed E-state index contributed by atoms with van der Waals surface area (Å²) in [6.45, 7) is 0.143. The molecule has 1 aromatic rings. The van der Waals surface area contributed by atoms with Crippen molar-refractivity contribution in [2.75, 3.05) is 32.1 Å². The summed E-state index contributed by atoms with van der Waals surface area (Å²) in [7, 11) is -0.627. The van der Waals surface area contributed by atoms with Crippen LogP contribution in [-0.4, -0.2) is 68.2 Å². The van der Waals surface area contributed by atoms with Gasteiger partial charge in [-0.1, -0.05) is 0 Å². The number of nitrogens with one attached hydrogen (secondary N) is 1. The van der Waals surface area contributed by atoms with Gasteiger partial charge in [0.1, 0.15) is 12.1 Å². The van der Waals surface area contributed by atoms with Gasteiger partial charge in [-0.15, -0.1) is 0 Å². The number of nitrogens with zero attached hydrogens (tertiary/aromatic N) is 3. The molecule has 1 aliphatic carbocycles. The van der Waals surface area contributed by atoms with Crippen molar-refractivity contribution in [3.05, 3.63) is 23.8 Å². The van der Waals surface area contributed by atoms with E-state index in [0.29, 0.717) is 37.9 Å². The van der Waals surface area contributed by atoms with E-state index in [9.17, 15) is 22.8 Å². The monoisotopic (exact) mass is 420 g/mol. The summed E-state index contributed by atoms with van der Waals surface area (Å²) in [4.78, 5) is 40.5. The number of urea groups is 1. The minimum Gasteiger partial charge on any atom is -0.323 e. The maximum absolute atomic E-state index is 12.9. The lowest BCUT2D eigenvalue weighted by Gasteiger charge is -2.35. The number of anilines is 1. The highest BCUT2D eigenvalue weighted by atomic mass is 32.2. The van der Waals surface area contributed by atoms with Gasteiger partial charge in [0.25, 0.3) is 5.91 Å². The molecule has 1 N–H and O–H groups in total. The van der Waals surface area contributed by atoms with E-state index in [1.54, 1.807) is 12.1 Å². The van der Waals surface area contributed by atoms with Gasteiger partial charge in [0.2, 0.25) is 15.9 Å². The fraction of sp³-hybridized carbons (Fsp3) is 0.526. The van der Waals surface area contributed by atoms with E-state index in [-0.39, 0.29) is 23.3 Å². The predicted octanol–water partition coefficient (Wildman–Crippen LogP) is 0.691. The average molecular weight is 420 g/mol. The van der Waals surface area contributed by atoms with Crippen molar-refractivity contribution in [1.29, 1.82) is 0 Å². The standard InChI is InChI=1S/C19H24N4O5S/c1-21(2)29(27,28)14-6-7-15-13(11-14)5-3-10-22(15)16(24)12-23-17(25)19(8-4-9-19)20-18(23)26/h6-7,11H,3-5,8-10,12H2,1-2H3,(H,20,26). The number of aryl methyl sites for hydroxylation is 1. The van der Waals surface area contributed by atoms with Crippen LogP contribution in [0.4, 0.5) is 10.5 Å². The number of imide groups is 1. The van der Waals surface area contributed by atoms with Crippen molar-refractivity contribution in [2.45, 2.75) is 42.5 Å². The Balaban J connectivity index is 1.56. The molecule has 4 rings (SSSR count). The summed E-state index contributed by atoms with van der Waals surface area (Å²) in [5, 5.41) is 2.72. The quantitative estimate of drug-likeness (QED) is 0.722. The summed E-state index contributed by atoms with van der Waals surface area (Å²) in [6.07, 6.45) is 3.43. The van der Waals surface area contributed by atoms with Crippen LogP contribution >= 0.6 is 0 Å². The first-order valence-electron chi connectivity index (χ1n) is 9.66. The number of carbonyl (C=O) groups is 3. The number of benzene rings is 1. The molecule has 2 fully saturated rings. The Morgan fingerprint density at radius 2 is 1.93 bits per heavy atom. The molecule has 9 nitrogen and oxygen atoms in total. The molecule has 0 unspecified atom stereocenters. The van der Waals surface area contributed by atoms with Crippen LogP contribution < -0.4 is 10.2 Å². The van der Waals surface area contributed by atoms with Gasteiger partial charge < -0.3 is 10.2 Å². The molecular weight excluding hydrogens is 396 g/mol. The molecule has 156 valence electrons. The molecule has 2 aliphatic heterocycles. The lowest BCUT2D eigenvalue weighted by Crippen LogP contribution is -2.53. The first kappa shape index (κ1) is 19.8. The fourth-order valence-electron chi connectivity index (χ4n) is 4.11. The molecule has 29 heavy (non-hydrogen) atoms. The molecule has 10 heteroatoms. The molecule has 3 aliphatic rings. The predicted molar refractivity (Wildman–Crippen MR) is 105 cm³/mol. The Bertz CT molecular complexity index is 1000. The molecule has 0 radical (unpaired) electrons. The number of amides is 4. The van der Waals surface area contributed by atoms with Gasteiger partial charge in [-0.25, -0.2) is 17.5 Å². The zero-order valence-corrected chi connectivity index (χ0v) is 17.3. The Morgan fingerprint density at radius 1 is 1.21 bits per heavy atom. The van der Waals surface area contributed by atoms with Crippen LogP contribution in [-0.2, 0) is 26.0 Å². The van der Waals surface area contributed by atoms with Crippen molar-refractivity contribution in [3.8, 4) is 0 Å². The molecule has 0 atom stereocenters. The molecule has 4 amide bonds. The van der Waals surface area contributed by atoms with Crippen LogP contribution in [0.15, 0.2) is 23.1 Å². The second-order valence-electron chi connectivity index (χ2n) is 7.98. The van der Waals surface area contributed by atoms with E-state index in [4.69, 9.17) is 0 Å². The van der Waals surface area contributed by atoms with Crippen LogP contribution in [0.5, 0.6) is 0 Å². The summed E-state index contributed by atoms with van der Waals surface area (Å²) >= 11 is 0. The fourth-order valence-corrected chi connectivity index (χ4v) is 5.07. The molecular formula is C19H24N4O5S. The first-order chi connectivity index (χ1) is 13.7. The lowest BCUT2D eigenvalue weighted by atomic mass is 9.77. The van der Waals surface area contributed by atoms with E-state index in [1.807, 2.05) is 0 Å². The smallest absolute Gasteiger partial charge is 0.323 e. The normalized spacial score (nSPS) is 20.7. The maximum atomic E-state index is 12.9. The molecule has 0 aromatic heterocycles. The minimum atomic E-state index is -3.57. The summed E-state index contributed by atoms with van der Waals surface area (Å²) in [6, 6.07) is 4.19. The largest absolute Gasteiger partial charge is 0.325 e. The van der Waals surface area contributed by atoms with Crippen molar-refractivity contribution in [3.63, 3.8) is 0 Å². The van der Waals surface area contributed by atoms with Gasteiger partial charge in [0, 0.05) is 26.3 Å². The topological polar surface area (TPSA) is 107 Å². The number of fused-ring (bicyclic) bond motifs is 1. The Labute approximate surface area is 169 Å². The number of sulfonamides is 1.